The smallest absolute Gasteiger partial charge is 0.0146 e. The number of hydrogen-bond acceptors (Lipinski definition) is 0. The molecule has 0 N–H and O–H groups in total. The van der Waals surface area contributed by atoms with Gasteiger partial charge in [0.25, 0.3) is 0 Å². The van der Waals surface area contributed by atoms with Crippen LogP contribution in [0, 0.1) is 0 Å². The van der Waals surface area contributed by atoms with Gasteiger partial charge in [-0.15, -0.1) is 0 Å². The Morgan fingerprint density at radius 2 is 1.45 bits per heavy atom. The molecule has 0 heteroatoms. The van der Waals surface area contributed by atoms with Crippen molar-refractivity contribution in [3.63, 3.8) is 0 Å². The minimum absolute atomic E-state index is 1.20. The van der Waals surface area contributed by atoms with Crippen molar-refractivity contribution in [3.8, 4) is 0 Å². The van der Waals surface area contributed by atoms with Gasteiger partial charge in [0.05, 0.1) is 0 Å². The van der Waals surface area contributed by atoms with Gasteiger partial charge in [0.1, 0.15) is 0 Å². The maximum atomic E-state index is 2.36. The third-order valence-electron chi connectivity index (χ3n) is 4.14. The molecule has 3 rings (SSSR count). The minimum Gasteiger partial charge on any atom is -0.0654 e. The quantitative estimate of drug-likeness (QED) is 0.384. The molecule has 0 aliphatic carbocycles. The van der Waals surface area contributed by atoms with E-state index >= 15 is 0 Å². The summed E-state index contributed by atoms with van der Waals surface area (Å²) in [5.41, 5.74) is 1.50. The molecule has 20 heavy (non-hydrogen) atoms. The molecule has 0 aliphatic heterocycles. The van der Waals surface area contributed by atoms with Gasteiger partial charge < -0.3 is 0 Å². The fourth-order valence-electron chi connectivity index (χ4n) is 2.99. The molecule has 0 atom stereocenters. The molecule has 0 saturated heterocycles. The van der Waals surface area contributed by atoms with Crippen LogP contribution in [0.2, 0.25) is 0 Å². The normalized spacial score (nSPS) is 11.2. The Morgan fingerprint density at radius 1 is 0.700 bits per heavy atom. The molecule has 0 radical (unpaired) electrons. The largest absolute Gasteiger partial charge is 0.0654 e. The maximum absolute atomic E-state index is 2.36. The van der Waals surface area contributed by atoms with Crippen LogP contribution in [0.3, 0.4) is 0 Å². The van der Waals surface area contributed by atoms with Crippen LogP contribution in [0.15, 0.2) is 54.6 Å². The van der Waals surface area contributed by atoms with E-state index in [1.165, 1.54) is 59.2 Å². The zero-order valence-corrected chi connectivity index (χ0v) is 12.2. The van der Waals surface area contributed by atoms with Crippen molar-refractivity contribution in [1.29, 1.82) is 0 Å². The predicted molar refractivity (Wildman–Crippen MR) is 89.3 cm³/mol. The van der Waals surface area contributed by atoms with Crippen LogP contribution in [-0.2, 0) is 6.42 Å². The number of fused-ring (bicyclic) bond motifs is 2. The number of aryl methyl sites for hydroxylation is 1. The van der Waals surface area contributed by atoms with Gasteiger partial charge >= 0.3 is 0 Å². The number of rotatable bonds is 5. The van der Waals surface area contributed by atoms with E-state index in [0.717, 1.165) is 0 Å². The van der Waals surface area contributed by atoms with Gasteiger partial charge in [-0.05, 0) is 52.1 Å². The van der Waals surface area contributed by atoms with Gasteiger partial charge in [0.15, 0.2) is 0 Å². The first-order chi connectivity index (χ1) is 9.88. The number of hydrogen-bond donors (Lipinski definition) is 0. The highest BCUT2D eigenvalue weighted by Crippen LogP contribution is 2.26. The van der Waals surface area contributed by atoms with Crippen LogP contribution in [0.5, 0.6) is 0 Å². The van der Waals surface area contributed by atoms with Crippen LogP contribution in [0.4, 0.5) is 0 Å². The Morgan fingerprint density at radius 3 is 2.25 bits per heavy atom. The highest BCUT2D eigenvalue weighted by molar-refractivity contribution is 5.99. The van der Waals surface area contributed by atoms with E-state index in [9.17, 15) is 0 Å². The molecule has 0 fully saturated rings. The molecule has 0 bridgehead atoms. The average Bonchev–Trinajstić information content (AvgIpc) is 2.50. The predicted octanol–water partition coefficient (Wildman–Crippen LogP) is 6.12. The lowest BCUT2D eigenvalue weighted by molar-refractivity contribution is 0.668. The first kappa shape index (κ1) is 13.2. The summed E-state index contributed by atoms with van der Waals surface area (Å²) in [4.78, 5) is 0. The second-order valence-electron chi connectivity index (χ2n) is 5.65. The molecule has 0 saturated carbocycles. The van der Waals surface area contributed by atoms with Crippen LogP contribution < -0.4 is 0 Å². The van der Waals surface area contributed by atoms with Gasteiger partial charge in [-0.1, -0.05) is 68.7 Å². The molecular formula is C20H22. The van der Waals surface area contributed by atoms with E-state index in [1.807, 2.05) is 0 Å². The van der Waals surface area contributed by atoms with Crippen molar-refractivity contribution in [2.75, 3.05) is 0 Å². The Balaban J connectivity index is 1.97. The molecule has 102 valence electrons. The fraction of sp³-hybridized carbons (Fsp3) is 0.300. The average molecular weight is 262 g/mol. The maximum Gasteiger partial charge on any atom is -0.0146 e. The van der Waals surface area contributed by atoms with Gasteiger partial charge in [0, 0.05) is 0 Å². The zero-order chi connectivity index (χ0) is 13.8. The molecule has 3 aromatic rings. The second-order valence-corrected chi connectivity index (χ2v) is 5.65. The Kier molecular flexibility index (Phi) is 4.01. The molecule has 0 heterocycles. The first-order valence-corrected chi connectivity index (χ1v) is 7.79. The monoisotopic (exact) mass is 262 g/mol. The standard InChI is InChI=1S/C20H22/c1-2-3-4-5-9-16-12-8-13-19-14-17-10-6-7-11-18(17)15-20(16)19/h6-8,10-15H,2-5,9H2,1H3. The van der Waals surface area contributed by atoms with Crippen LogP contribution in [-0.4, -0.2) is 0 Å². The topological polar surface area (TPSA) is 0 Å². The summed E-state index contributed by atoms with van der Waals surface area (Å²) in [6, 6.07) is 20.1. The minimum atomic E-state index is 1.20. The van der Waals surface area contributed by atoms with Gasteiger partial charge in [-0.3, -0.25) is 0 Å². The molecule has 0 aromatic heterocycles. The SMILES string of the molecule is CCCCCCc1cccc2cc3ccccc3cc12. The van der Waals surface area contributed by atoms with E-state index in [4.69, 9.17) is 0 Å². The van der Waals surface area contributed by atoms with E-state index in [0.29, 0.717) is 0 Å². The van der Waals surface area contributed by atoms with Crippen LogP contribution in [0.1, 0.15) is 38.2 Å². The van der Waals surface area contributed by atoms with Gasteiger partial charge in [-0.25, -0.2) is 0 Å². The van der Waals surface area contributed by atoms with Crippen molar-refractivity contribution in [1.82, 2.24) is 0 Å². The third kappa shape index (κ3) is 2.70. The molecular weight excluding hydrogens is 240 g/mol. The summed E-state index contributed by atoms with van der Waals surface area (Å²) in [7, 11) is 0. The molecule has 0 nitrogen and oxygen atoms in total. The Hall–Kier alpha value is -1.82. The highest BCUT2D eigenvalue weighted by atomic mass is 14.1. The number of unbranched alkanes of at least 4 members (excludes halogenated alkanes) is 3. The molecule has 0 amide bonds. The summed E-state index contributed by atoms with van der Waals surface area (Å²) in [6.45, 7) is 2.27. The van der Waals surface area contributed by atoms with Crippen LogP contribution in [0.25, 0.3) is 21.5 Å². The molecule has 0 aliphatic rings. The first-order valence-electron chi connectivity index (χ1n) is 7.79. The third-order valence-corrected chi connectivity index (χ3v) is 4.14. The van der Waals surface area contributed by atoms with E-state index in [1.54, 1.807) is 0 Å². The Labute approximate surface area is 121 Å². The lowest BCUT2D eigenvalue weighted by atomic mass is 9.96. The summed E-state index contributed by atoms with van der Waals surface area (Å²) >= 11 is 0. The van der Waals surface area contributed by atoms with Crippen molar-refractivity contribution in [2.45, 2.75) is 39.0 Å². The molecule has 3 aromatic carbocycles. The summed E-state index contributed by atoms with van der Waals surface area (Å²) in [5.74, 6) is 0. The summed E-state index contributed by atoms with van der Waals surface area (Å²) < 4.78 is 0. The molecule has 0 spiro atoms. The summed E-state index contributed by atoms with van der Waals surface area (Å²) in [5, 5.41) is 5.49. The van der Waals surface area contributed by atoms with Crippen molar-refractivity contribution >= 4 is 21.5 Å². The Bertz CT molecular complexity index is 709. The van der Waals surface area contributed by atoms with E-state index in [2.05, 4.69) is 61.5 Å². The van der Waals surface area contributed by atoms with Crippen molar-refractivity contribution in [3.05, 3.63) is 60.2 Å². The molecule has 0 unspecified atom stereocenters. The lowest BCUT2D eigenvalue weighted by Crippen LogP contribution is -1.88. The zero-order valence-electron chi connectivity index (χ0n) is 12.2. The fourth-order valence-corrected chi connectivity index (χ4v) is 2.99. The van der Waals surface area contributed by atoms with Crippen molar-refractivity contribution < 1.29 is 0 Å². The van der Waals surface area contributed by atoms with E-state index < -0.39 is 0 Å². The van der Waals surface area contributed by atoms with Gasteiger partial charge in [-0.2, -0.15) is 0 Å². The van der Waals surface area contributed by atoms with Crippen molar-refractivity contribution in [2.24, 2.45) is 0 Å². The lowest BCUT2D eigenvalue weighted by Gasteiger charge is -2.08. The summed E-state index contributed by atoms with van der Waals surface area (Å²) in [6.07, 6.45) is 6.52. The highest BCUT2D eigenvalue weighted by Gasteiger charge is 2.03. The van der Waals surface area contributed by atoms with Crippen LogP contribution >= 0.6 is 0 Å². The second kappa shape index (κ2) is 6.09. The van der Waals surface area contributed by atoms with E-state index in [-0.39, 0.29) is 0 Å². The van der Waals surface area contributed by atoms with Gasteiger partial charge in [0.2, 0.25) is 0 Å². The number of benzene rings is 3.